The van der Waals surface area contributed by atoms with Crippen molar-refractivity contribution in [2.75, 3.05) is 6.54 Å². The van der Waals surface area contributed by atoms with Gasteiger partial charge in [0.15, 0.2) is 5.82 Å². The zero-order valence-corrected chi connectivity index (χ0v) is 14.4. The lowest BCUT2D eigenvalue weighted by Crippen LogP contribution is -2.35. The van der Waals surface area contributed by atoms with Crippen molar-refractivity contribution in [2.24, 2.45) is 0 Å². The van der Waals surface area contributed by atoms with Crippen molar-refractivity contribution in [3.63, 3.8) is 0 Å². The summed E-state index contributed by atoms with van der Waals surface area (Å²) in [7, 11) is -3.61. The smallest absolute Gasteiger partial charge is 0.253 e. The molecule has 1 fully saturated rings. The minimum Gasteiger partial charge on any atom is -0.340 e. The van der Waals surface area contributed by atoms with Crippen molar-refractivity contribution in [3.8, 4) is 0 Å². The summed E-state index contributed by atoms with van der Waals surface area (Å²) in [6.45, 7) is 2.15. The molecule has 0 N–H and O–H groups in total. The van der Waals surface area contributed by atoms with Crippen molar-refractivity contribution in [3.05, 3.63) is 28.2 Å². The predicted octanol–water partition coefficient (Wildman–Crippen LogP) is 3.40. The molecule has 0 saturated carbocycles. The van der Waals surface area contributed by atoms with Crippen molar-refractivity contribution < 1.29 is 12.9 Å². The van der Waals surface area contributed by atoms with Gasteiger partial charge in [0, 0.05) is 13.5 Å². The monoisotopic (exact) mass is 361 g/mol. The highest BCUT2D eigenvalue weighted by Gasteiger charge is 2.36. The summed E-state index contributed by atoms with van der Waals surface area (Å²) in [5.41, 5.74) is 0. The van der Waals surface area contributed by atoms with Crippen LogP contribution in [0.15, 0.2) is 20.9 Å². The van der Waals surface area contributed by atoms with Crippen LogP contribution in [0.2, 0.25) is 4.34 Å². The molecule has 0 bridgehead atoms. The van der Waals surface area contributed by atoms with Gasteiger partial charge in [0.25, 0.3) is 10.0 Å². The zero-order valence-electron chi connectivity index (χ0n) is 12.0. The number of aromatic nitrogens is 2. The average molecular weight is 362 g/mol. The van der Waals surface area contributed by atoms with E-state index in [-0.39, 0.29) is 10.3 Å². The second-order valence-corrected chi connectivity index (χ2v) is 9.04. The molecule has 1 aliphatic heterocycles. The van der Waals surface area contributed by atoms with Crippen LogP contribution in [0.4, 0.5) is 0 Å². The minimum atomic E-state index is -3.61. The van der Waals surface area contributed by atoms with Crippen molar-refractivity contribution >= 4 is 33.0 Å². The number of thiophene rings is 1. The van der Waals surface area contributed by atoms with Gasteiger partial charge in [-0.1, -0.05) is 29.6 Å². The number of hydrogen-bond acceptors (Lipinski definition) is 6. The van der Waals surface area contributed by atoms with Crippen LogP contribution in [0, 0.1) is 6.92 Å². The number of sulfonamides is 1. The molecule has 3 rings (SSSR count). The van der Waals surface area contributed by atoms with E-state index >= 15 is 0 Å². The Labute approximate surface area is 138 Å². The van der Waals surface area contributed by atoms with E-state index in [1.807, 2.05) is 0 Å². The van der Waals surface area contributed by atoms with E-state index in [4.69, 9.17) is 16.1 Å². The zero-order chi connectivity index (χ0) is 15.7. The number of rotatable bonds is 3. The van der Waals surface area contributed by atoms with Crippen molar-refractivity contribution in [1.29, 1.82) is 0 Å². The molecule has 1 aliphatic rings. The van der Waals surface area contributed by atoms with Crippen LogP contribution < -0.4 is 0 Å². The summed E-state index contributed by atoms with van der Waals surface area (Å²) in [5, 5.41) is 3.93. The van der Waals surface area contributed by atoms with Crippen molar-refractivity contribution in [1.82, 2.24) is 14.4 Å². The van der Waals surface area contributed by atoms with Crippen LogP contribution in [-0.2, 0) is 10.0 Å². The molecule has 0 aliphatic carbocycles. The Hall–Kier alpha value is -0.960. The number of aryl methyl sites for hydroxylation is 1. The topological polar surface area (TPSA) is 76.3 Å². The van der Waals surface area contributed by atoms with E-state index in [1.165, 1.54) is 4.31 Å². The summed E-state index contributed by atoms with van der Waals surface area (Å²) in [6, 6.07) is 2.77. The van der Waals surface area contributed by atoms with E-state index in [0.717, 1.165) is 30.6 Å². The SMILES string of the molecule is Cc1nc(C2CCCCCN2S(=O)(=O)c2ccc(Cl)s2)no1. The lowest BCUT2D eigenvalue weighted by atomic mass is 10.1. The third kappa shape index (κ3) is 3.05. The summed E-state index contributed by atoms with van der Waals surface area (Å²) in [5.74, 6) is 0.876. The molecule has 6 nitrogen and oxygen atoms in total. The van der Waals surface area contributed by atoms with Crippen molar-refractivity contribution in [2.45, 2.75) is 42.9 Å². The molecule has 0 aromatic carbocycles. The molecule has 1 saturated heterocycles. The highest BCUT2D eigenvalue weighted by Crippen LogP contribution is 2.36. The Bertz CT molecular complexity index is 756. The first kappa shape index (κ1) is 15.9. The molecule has 2 aromatic heterocycles. The third-order valence-corrected chi connectivity index (χ3v) is 7.26. The van der Waals surface area contributed by atoms with Gasteiger partial charge in [-0.2, -0.15) is 9.29 Å². The van der Waals surface area contributed by atoms with Gasteiger partial charge in [-0.15, -0.1) is 11.3 Å². The fraction of sp³-hybridized carbons (Fsp3) is 0.538. The largest absolute Gasteiger partial charge is 0.340 e. The predicted molar refractivity (Wildman–Crippen MR) is 83.5 cm³/mol. The lowest BCUT2D eigenvalue weighted by Gasteiger charge is -2.26. The van der Waals surface area contributed by atoms with Gasteiger partial charge in [0.2, 0.25) is 5.89 Å². The summed E-state index contributed by atoms with van der Waals surface area (Å²) in [4.78, 5) is 4.23. The van der Waals surface area contributed by atoms with Crippen LogP contribution in [-0.4, -0.2) is 29.4 Å². The number of halogens is 1. The molecule has 22 heavy (non-hydrogen) atoms. The van der Waals surface area contributed by atoms with E-state index in [2.05, 4.69) is 10.1 Å². The van der Waals surface area contributed by atoms with Crippen LogP contribution in [0.25, 0.3) is 0 Å². The molecule has 2 aromatic rings. The molecular weight excluding hydrogens is 346 g/mol. The summed E-state index contributed by atoms with van der Waals surface area (Å²) >= 11 is 6.96. The molecule has 1 unspecified atom stereocenters. The van der Waals surface area contributed by atoms with Gasteiger partial charge < -0.3 is 4.52 Å². The Morgan fingerprint density at radius 3 is 2.82 bits per heavy atom. The van der Waals surface area contributed by atoms with Gasteiger partial charge in [0.1, 0.15) is 4.21 Å². The van der Waals surface area contributed by atoms with E-state index in [9.17, 15) is 8.42 Å². The summed E-state index contributed by atoms with van der Waals surface area (Å²) < 4.78 is 33.1. The van der Waals surface area contributed by atoms with Gasteiger partial charge in [-0.05, 0) is 25.0 Å². The van der Waals surface area contributed by atoms with Crippen LogP contribution in [0.5, 0.6) is 0 Å². The summed E-state index contributed by atoms with van der Waals surface area (Å²) in [6.07, 6.45) is 3.45. The van der Waals surface area contributed by atoms with Gasteiger partial charge in [0.05, 0.1) is 10.4 Å². The first-order valence-corrected chi connectivity index (χ1v) is 9.69. The molecule has 1 atom stereocenters. The maximum atomic E-state index is 12.9. The molecule has 0 spiro atoms. The average Bonchev–Trinajstić information content (AvgIpc) is 3.01. The maximum absolute atomic E-state index is 12.9. The Morgan fingerprint density at radius 1 is 1.36 bits per heavy atom. The Balaban J connectivity index is 2.00. The molecule has 0 amide bonds. The highest BCUT2D eigenvalue weighted by molar-refractivity contribution is 7.91. The van der Waals surface area contributed by atoms with Crippen LogP contribution >= 0.6 is 22.9 Å². The molecule has 9 heteroatoms. The normalized spacial score (nSPS) is 20.9. The van der Waals surface area contributed by atoms with E-state index < -0.39 is 10.0 Å². The first-order chi connectivity index (χ1) is 10.5. The quantitative estimate of drug-likeness (QED) is 0.837. The van der Waals surface area contributed by atoms with E-state index in [0.29, 0.717) is 29.0 Å². The van der Waals surface area contributed by atoms with Crippen LogP contribution in [0.3, 0.4) is 0 Å². The minimum absolute atomic E-state index is 0.254. The van der Waals surface area contributed by atoms with Crippen LogP contribution in [0.1, 0.15) is 43.4 Å². The number of nitrogens with zero attached hydrogens (tertiary/aromatic N) is 3. The molecular formula is C13H16ClN3O3S2. The second-order valence-electron chi connectivity index (χ2n) is 5.21. The van der Waals surface area contributed by atoms with Gasteiger partial charge in [-0.25, -0.2) is 8.42 Å². The Kier molecular flexibility index (Phi) is 4.54. The first-order valence-electron chi connectivity index (χ1n) is 7.06. The molecule has 3 heterocycles. The highest BCUT2D eigenvalue weighted by atomic mass is 35.5. The standard InChI is InChI=1S/C13H16ClN3O3S2/c1-9-15-13(16-20-9)10-5-3-2-4-8-17(10)22(18,19)12-7-6-11(14)21-12/h6-7,10H,2-5,8H2,1H3. The maximum Gasteiger partial charge on any atom is 0.253 e. The number of hydrogen-bond donors (Lipinski definition) is 0. The second kappa shape index (κ2) is 6.27. The molecule has 0 radical (unpaired) electrons. The third-order valence-electron chi connectivity index (χ3n) is 3.66. The Morgan fingerprint density at radius 2 is 2.18 bits per heavy atom. The van der Waals surface area contributed by atoms with Gasteiger partial charge in [-0.3, -0.25) is 0 Å². The van der Waals surface area contributed by atoms with Gasteiger partial charge >= 0.3 is 0 Å². The molecule has 120 valence electrons. The fourth-order valence-electron chi connectivity index (χ4n) is 2.63. The fourth-order valence-corrected chi connectivity index (χ4v) is 5.90. The van der Waals surface area contributed by atoms with E-state index in [1.54, 1.807) is 19.1 Å². The lowest BCUT2D eigenvalue weighted by molar-refractivity contribution is 0.303.